The van der Waals surface area contributed by atoms with Gasteiger partial charge in [-0.05, 0) is 54.2 Å². The SMILES string of the molecule is CCOc1cc(C=O)cc(Br)c1OCCCCCF. The summed E-state index contributed by atoms with van der Waals surface area (Å²) in [4.78, 5) is 10.8. The standard InChI is InChI=1S/C14H18BrFO3/c1-2-18-13-9-11(10-17)8-12(15)14(13)19-7-5-3-4-6-16/h8-10H,2-7H2,1H3. The highest BCUT2D eigenvalue weighted by molar-refractivity contribution is 9.10. The lowest BCUT2D eigenvalue weighted by atomic mass is 10.2. The molecule has 0 aliphatic heterocycles. The first-order valence-corrected chi connectivity index (χ1v) is 7.12. The molecule has 0 radical (unpaired) electrons. The van der Waals surface area contributed by atoms with Gasteiger partial charge in [-0.3, -0.25) is 9.18 Å². The van der Waals surface area contributed by atoms with Crippen LogP contribution in [0.25, 0.3) is 0 Å². The fourth-order valence-electron chi connectivity index (χ4n) is 1.61. The molecule has 0 amide bonds. The Hall–Kier alpha value is -1.10. The molecule has 0 aromatic heterocycles. The number of ether oxygens (including phenoxy) is 2. The third kappa shape index (κ3) is 5.19. The lowest BCUT2D eigenvalue weighted by Crippen LogP contribution is -2.02. The second-order valence-electron chi connectivity index (χ2n) is 3.98. The van der Waals surface area contributed by atoms with Gasteiger partial charge < -0.3 is 9.47 Å². The molecule has 106 valence electrons. The largest absolute Gasteiger partial charge is 0.490 e. The first-order valence-electron chi connectivity index (χ1n) is 6.33. The Morgan fingerprint density at radius 1 is 1.26 bits per heavy atom. The lowest BCUT2D eigenvalue weighted by Gasteiger charge is -2.14. The second-order valence-corrected chi connectivity index (χ2v) is 4.83. The van der Waals surface area contributed by atoms with Crippen molar-refractivity contribution in [3.63, 3.8) is 0 Å². The first kappa shape index (κ1) is 16.0. The van der Waals surface area contributed by atoms with Crippen molar-refractivity contribution >= 4 is 22.2 Å². The van der Waals surface area contributed by atoms with Crippen molar-refractivity contribution in [3.05, 3.63) is 22.2 Å². The van der Waals surface area contributed by atoms with Crippen LogP contribution in [0.3, 0.4) is 0 Å². The lowest BCUT2D eigenvalue weighted by molar-refractivity contribution is 0.112. The zero-order valence-corrected chi connectivity index (χ0v) is 12.5. The molecule has 3 nitrogen and oxygen atoms in total. The van der Waals surface area contributed by atoms with E-state index >= 15 is 0 Å². The molecule has 0 aliphatic carbocycles. The van der Waals surface area contributed by atoms with Crippen LogP contribution in [0.4, 0.5) is 4.39 Å². The molecule has 19 heavy (non-hydrogen) atoms. The quantitative estimate of drug-likeness (QED) is 0.502. The molecule has 0 unspecified atom stereocenters. The highest BCUT2D eigenvalue weighted by atomic mass is 79.9. The summed E-state index contributed by atoms with van der Waals surface area (Å²) in [5.74, 6) is 1.14. The number of carbonyl (C=O) groups is 1. The summed E-state index contributed by atoms with van der Waals surface area (Å²) in [5, 5.41) is 0. The number of halogens is 2. The summed E-state index contributed by atoms with van der Waals surface area (Å²) in [6.07, 6.45) is 2.91. The van der Waals surface area contributed by atoms with Gasteiger partial charge >= 0.3 is 0 Å². The van der Waals surface area contributed by atoms with Gasteiger partial charge in [0.05, 0.1) is 24.4 Å². The molecule has 0 heterocycles. The predicted octanol–water partition coefficient (Wildman–Crippen LogP) is 4.18. The van der Waals surface area contributed by atoms with Crippen LogP contribution in [0.5, 0.6) is 11.5 Å². The molecule has 0 bridgehead atoms. The van der Waals surface area contributed by atoms with E-state index in [0.29, 0.717) is 41.2 Å². The van der Waals surface area contributed by atoms with Gasteiger partial charge in [0.2, 0.25) is 0 Å². The van der Waals surface area contributed by atoms with E-state index in [4.69, 9.17) is 9.47 Å². The van der Waals surface area contributed by atoms with Crippen LogP contribution in [0.2, 0.25) is 0 Å². The van der Waals surface area contributed by atoms with Crippen LogP contribution in [0.15, 0.2) is 16.6 Å². The number of rotatable bonds is 9. The van der Waals surface area contributed by atoms with Gasteiger partial charge in [0.15, 0.2) is 11.5 Å². The van der Waals surface area contributed by atoms with Crippen molar-refractivity contribution in [3.8, 4) is 11.5 Å². The molecule has 0 atom stereocenters. The average molecular weight is 333 g/mol. The monoisotopic (exact) mass is 332 g/mol. The summed E-state index contributed by atoms with van der Waals surface area (Å²) >= 11 is 3.37. The molecule has 1 aromatic rings. The maximum absolute atomic E-state index is 12.0. The first-order chi connectivity index (χ1) is 9.22. The van der Waals surface area contributed by atoms with Crippen molar-refractivity contribution in [2.45, 2.75) is 26.2 Å². The third-order valence-corrected chi connectivity index (χ3v) is 3.08. The second kappa shape index (κ2) is 8.91. The Morgan fingerprint density at radius 2 is 2.05 bits per heavy atom. The number of hydrogen-bond acceptors (Lipinski definition) is 3. The van der Waals surface area contributed by atoms with Crippen molar-refractivity contribution in [2.75, 3.05) is 19.9 Å². The number of aldehydes is 1. The molecule has 5 heteroatoms. The van der Waals surface area contributed by atoms with Crippen LogP contribution >= 0.6 is 15.9 Å². The van der Waals surface area contributed by atoms with Gasteiger partial charge in [0, 0.05) is 5.56 Å². The Morgan fingerprint density at radius 3 is 2.68 bits per heavy atom. The maximum Gasteiger partial charge on any atom is 0.175 e. The third-order valence-electron chi connectivity index (χ3n) is 2.49. The van der Waals surface area contributed by atoms with Crippen LogP contribution in [0, 0.1) is 0 Å². The molecule has 1 aromatic carbocycles. The van der Waals surface area contributed by atoms with Gasteiger partial charge in [0.1, 0.15) is 6.29 Å². The molecular formula is C14H18BrFO3. The predicted molar refractivity (Wildman–Crippen MR) is 76.0 cm³/mol. The highest BCUT2D eigenvalue weighted by Crippen LogP contribution is 2.36. The van der Waals surface area contributed by atoms with Crippen LogP contribution in [-0.4, -0.2) is 26.2 Å². The number of benzene rings is 1. The van der Waals surface area contributed by atoms with E-state index in [-0.39, 0.29) is 6.67 Å². The van der Waals surface area contributed by atoms with Crippen molar-refractivity contribution in [1.82, 2.24) is 0 Å². The summed E-state index contributed by atoms with van der Waals surface area (Å²) in [6, 6.07) is 3.34. The Kier molecular flexibility index (Phi) is 7.48. The smallest absolute Gasteiger partial charge is 0.175 e. The van der Waals surface area contributed by atoms with E-state index in [2.05, 4.69) is 15.9 Å². The van der Waals surface area contributed by atoms with E-state index in [0.717, 1.165) is 19.1 Å². The zero-order chi connectivity index (χ0) is 14.1. The fourth-order valence-corrected chi connectivity index (χ4v) is 2.18. The molecule has 0 spiro atoms. The highest BCUT2D eigenvalue weighted by Gasteiger charge is 2.11. The zero-order valence-electron chi connectivity index (χ0n) is 11.0. The number of carbonyl (C=O) groups excluding carboxylic acids is 1. The Bertz CT molecular complexity index is 410. The average Bonchev–Trinajstić information content (AvgIpc) is 2.41. The summed E-state index contributed by atoms with van der Waals surface area (Å²) in [7, 11) is 0. The topological polar surface area (TPSA) is 35.5 Å². The van der Waals surface area contributed by atoms with Gasteiger partial charge in [0.25, 0.3) is 0 Å². The van der Waals surface area contributed by atoms with Gasteiger partial charge in [-0.25, -0.2) is 0 Å². The van der Waals surface area contributed by atoms with Gasteiger partial charge in [-0.15, -0.1) is 0 Å². The summed E-state index contributed by atoms with van der Waals surface area (Å²) < 4.78 is 23.8. The maximum atomic E-state index is 12.0. The van der Waals surface area contributed by atoms with Gasteiger partial charge in [-0.1, -0.05) is 0 Å². The minimum atomic E-state index is -0.290. The van der Waals surface area contributed by atoms with Crippen LogP contribution in [0.1, 0.15) is 36.5 Å². The van der Waals surface area contributed by atoms with E-state index in [1.807, 2.05) is 6.92 Å². The van der Waals surface area contributed by atoms with E-state index < -0.39 is 0 Å². The van der Waals surface area contributed by atoms with E-state index in [1.54, 1.807) is 12.1 Å². The van der Waals surface area contributed by atoms with Gasteiger partial charge in [-0.2, -0.15) is 0 Å². The molecule has 0 saturated carbocycles. The fraction of sp³-hybridized carbons (Fsp3) is 0.500. The van der Waals surface area contributed by atoms with E-state index in [9.17, 15) is 9.18 Å². The van der Waals surface area contributed by atoms with Crippen LogP contribution in [-0.2, 0) is 0 Å². The Labute approximate surface area is 121 Å². The summed E-state index contributed by atoms with van der Waals surface area (Å²) in [5.41, 5.74) is 0.528. The van der Waals surface area contributed by atoms with Crippen molar-refractivity contribution in [2.24, 2.45) is 0 Å². The number of hydrogen-bond donors (Lipinski definition) is 0. The molecular weight excluding hydrogens is 315 g/mol. The molecule has 0 aliphatic rings. The normalized spacial score (nSPS) is 10.3. The Balaban J connectivity index is 2.71. The molecule has 0 fully saturated rings. The van der Waals surface area contributed by atoms with E-state index in [1.165, 1.54) is 0 Å². The van der Waals surface area contributed by atoms with Crippen LogP contribution < -0.4 is 9.47 Å². The minimum absolute atomic E-state index is 0.290. The molecule has 0 saturated heterocycles. The molecule has 0 N–H and O–H groups in total. The number of unbranched alkanes of at least 4 members (excludes halogenated alkanes) is 2. The van der Waals surface area contributed by atoms with Crippen molar-refractivity contribution < 1.29 is 18.7 Å². The van der Waals surface area contributed by atoms with Crippen molar-refractivity contribution in [1.29, 1.82) is 0 Å². The minimum Gasteiger partial charge on any atom is -0.490 e. The number of alkyl halides is 1. The molecule has 1 rings (SSSR count). The summed E-state index contributed by atoms with van der Waals surface area (Å²) in [6.45, 7) is 2.57.